The zero-order valence-electron chi connectivity index (χ0n) is 6.72. The Morgan fingerprint density at radius 3 is 3.00 bits per heavy atom. The molecule has 0 fully saturated rings. The van der Waals surface area contributed by atoms with Gasteiger partial charge in [-0.25, -0.2) is 0 Å². The highest BCUT2D eigenvalue weighted by molar-refractivity contribution is 9.09. The highest BCUT2D eigenvalue weighted by atomic mass is 79.9. The predicted molar refractivity (Wildman–Crippen MR) is 50.0 cm³/mol. The van der Waals surface area contributed by atoms with E-state index in [-0.39, 0.29) is 0 Å². The second-order valence-corrected chi connectivity index (χ2v) is 3.52. The quantitative estimate of drug-likeness (QED) is 0.705. The van der Waals surface area contributed by atoms with Gasteiger partial charge in [0.25, 0.3) is 0 Å². The minimum Gasteiger partial charge on any atom is -0.469 e. The minimum absolute atomic E-state index is 0.736. The van der Waals surface area contributed by atoms with Gasteiger partial charge in [-0.15, -0.1) is 0 Å². The van der Waals surface area contributed by atoms with Gasteiger partial charge in [0.1, 0.15) is 5.76 Å². The van der Waals surface area contributed by atoms with E-state index >= 15 is 0 Å². The molecular weight excluding hydrogens is 204 g/mol. The maximum Gasteiger partial charge on any atom is 0.103 e. The van der Waals surface area contributed by atoms with Crippen LogP contribution in [-0.2, 0) is 6.42 Å². The van der Waals surface area contributed by atoms with Gasteiger partial charge in [-0.3, -0.25) is 0 Å². The Hall–Kier alpha value is -0.240. The van der Waals surface area contributed by atoms with Crippen molar-refractivity contribution in [2.75, 3.05) is 5.33 Å². The minimum atomic E-state index is 0.736. The SMILES string of the molecule is CC(CBr)CCc1ccco1. The third-order valence-corrected chi connectivity index (χ3v) is 2.83. The zero-order chi connectivity index (χ0) is 8.10. The normalized spacial score (nSPS) is 13.3. The standard InChI is InChI=1S/C9H13BrO/c1-8(7-10)4-5-9-3-2-6-11-9/h2-3,6,8H,4-5,7H2,1H3. The molecule has 1 rings (SSSR count). The number of hydrogen-bond acceptors (Lipinski definition) is 1. The van der Waals surface area contributed by atoms with Crippen LogP contribution in [0.4, 0.5) is 0 Å². The van der Waals surface area contributed by atoms with Crippen LogP contribution in [-0.4, -0.2) is 5.33 Å². The molecule has 0 amide bonds. The van der Waals surface area contributed by atoms with Gasteiger partial charge < -0.3 is 4.42 Å². The lowest BCUT2D eigenvalue weighted by atomic mass is 10.1. The smallest absolute Gasteiger partial charge is 0.103 e. The summed E-state index contributed by atoms with van der Waals surface area (Å²) >= 11 is 3.45. The van der Waals surface area contributed by atoms with Crippen LogP contribution >= 0.6 is 15.9 Å². The molecule has 0 saturated carbocycles. The van der Waals surface area contributed by atoms with Gasteiger partial charge in [-0.2, -0.15) is 0 Å². The number of aryl methyl sites for hydroxylation is 1. The lowest BCUT2D eigenvalue weighted by molar-refractivity contribution is 0.478. The largest absolute Gasteiger partial charge is 0.469 e. The second kappa shape index (κ2) is 4.60. The van der Waals surface area contributed by atoms with Crippen molar-refractivity contribution in [2.45, 2.75) is 19.8 Å². The molecule has 2 heteroatoms. The molecule has 1 aromatic heterocycles. The molecule has 1 atom stereocenters. The van der Waals surface area contributed by atoms with Crippen LogP contribution in [0.1, 0.15) is 19.1 Å². The molecule has 1 heterocycles. The maximum atomic E-state index is 5.21. The van der Waals surface area contributed by atoms with Crippen molar-refractivity contribution in [3.8, 4) is 0 Å². The molecule has 0 bridgehead atoms. The molecule has 0 aliphatic rings. The Labute approximate surface area is 75.9 Å². The summed E-state index contributed by atoms with van der Waals surface area (Å²) in [4.78, 5) is 0. The Balaban J connectivity index is 2.23. The Morgan fingerprint density at radius 1 is 1.64 bits per heavy atom. The van der Waals surface area contributed by atoms with E-state index in [0.717, 1.165) is 23.4 Å². The molecule has 0 N–H and O–H groups in total. The fourth-order valence-corrected chi connectivity index (χ4v) is 1.24. The van der Waals surface area contributed by atoms with Crippen molar-refractivity contribution < 1.29 is 4.42 Å². The summed E-state index contributed by atoms with van der Waals surface area (Å²) in [6, 6.07) is 3.97. The van der Waals surface area contributed by atoms with E-state index in [1.54, 1.807) is 6.26 Å². The number of furan rings is 1. The van der Waals surface area contributed by atoms with E-state index in [2.05, 4.69) is 22.9 Å². The van der Waals surface area contributed by atoms with Gasteiger partial charge in [0.15, 0.2) is 0 Å². The maximum absolute atomic E-state index is 5.21. The van der Waals surface area contributed by atoms with Crippen LogP contribution in [0.3, 0.4) is 0 Å². The van der Waals surface area contributed by atoms with Gasteiger partial charge >= 0.3 is 0 Å². The molecular formula is C9H13BrO. The number of hydrogen-bond donors (Lipinski definition) is 0. The van der Waals surface area contributed by atoms with Crippen LogP contribution in [0.2, 0.25) is 0 Å². The average Bonchev–Trinajstić information content (AvgIpc) is 2.52. The first-order valence-electron chi connectivity index (χ1n) is 3.91. The molecule has 0 saturated heterocycles. The van der Waals surface area contributed by atoms with E-state index in [0.29, 0.717) is 0 Å². The molecule has 0 spiro atoms. The van der Waals surface area contributed by atoms with Crippen molar-refractivity contribution in [1.82, 2.24) is 0 Å². The summed E-state index contributed by atoms with van der Waals surface area (Å²) < 4.78 is 5.21. The van der Waals surface area contributed by atoms with Crippen LogP contribution < -0.4 is 0 Å². The molecule has 1 nitrogen and oxygen atoms in total. The first-order chi connectivity index (χ1) is 5.33. The average molecular weight is 217 g/mol. The molecule has 1 unspecified atom stereocenters. The fourth-order valence-electron chi connectivity index (χ4n) is 0.921. The van der Waals surface area contributed by atoms with Crippen molar-refractivity contribution >= 4 is 15.9 Å². The Kier molecular flexibility index (Phi) is 3.70. The molecule has 0 aliphatic heterocycles. The zero-order valence-corrected chi connectivity index (χ0v) is 8.30. The molecule has 11 heavy (non-hydrogen) atoms. The first kappa shape index (κ1) is 8.85. The highest BCUT2D eigenvalue weighted by Crippen LogP contribution is 2.11. The Morgan fingerprint density at radius 2 is 2.45 bits per heavy atom. The van der Waals surface area contributed by atoms with Gasteiger partial charge in [-0.05, 0) is 24.5 Å². The van der Waals surface area contributed by atoms with Crippen LogP contribution in [0.25, 0.3) is 0 Å². The van der Waals surface area contributed by atoms with E-state index in [1.165, 1.54) is 6.42 Å². The van der Waals surface area contributed by atoms with E-state index in [9.17, 15) is 0 Å². The van der Waals surface area contributed by atoms with Crippen molar-refractivity contribution in [3.63, 3.8) is 0 Å². The van der Waals surface area contributed by atoms with E-state index < -0.39 is 0 Å². The van der Waals surface area contributed by atoms with Crippen LogP contribution in [0.15, 0.2) is 22.8 Å². The van der Waals surface area contributed by atoms with Crippen molar-refractivity contribution in [2.24, 2.45) is 5.92 Å². The summed E-state index contributed by atoms with van der Waals surface area (Å²) in [5, 5.41) is 1.08. The van der Waals surface area contributed by atoms with E-state index in [4.69, 9.17) is 4.42 Å². The van der Waals surface area contributed by atoms with Crippen molar-refractivity contribution in [1.29, 1.82) is 0 Å². The lowest BCUT2D eigenvalue weighted by Gasteiger charge is -2.03. The second-order valence-electron chi connectivity index (χ2n) is 2.88. The third-order valence-electron chi connectivity index (χ3n) is 1.73. The molecule has 1 aromatic rings. The van der Waals surface area contributed by atoms with Crippen molar-refractivity contribution in [3.05, 3.63) is 24.2 Å². The molecule has 0 radical (unpaired) electrons. The summed E-state index contributed by atoms with van der Waals surface area (Å²) in [5.74, 6) is 1.83. The van der Waals surface area contributed by atoms with Crippen LogP contribution in [0, 0.1) is 5.92 Å². The third kappa shape index (κ3) is 3.10. The summed E-state index contributed by atoms with van der Waals surface area (Å²) in [6.45, 7) is 2.23. The topological polar surface area (TPSA) is 13.1 Å². The predicted octanol–water partition coefficient (Wildman–Crippen LogP) is 3.24. The molecule has 0 aromatic carbocycles. The fraction of sp³-hybridized carbons (Fsp3) is 0.556. The summed E-state index contributed by atoms with van der Waals surface area (Å²) in [6.07, 6.45) is 3.98. The lowest BCUT2D eigenvalue weighted by Crippen LogP contribution is -1.97. The summed E-state index contributed by atoms with van der Waals surface area (Å²) in [5.41, 5.74) is 0. The van der Waals surface area contributed by atoms with Gasteiger partial charge in [-0.1, -0.05) is 22.9 Å². The highest BCUT2D eigenvalue weighted by Gasteiger charge is 2.01. The molecule has 0 aliphatic carbocycles. The number of halogens is 1. The van der Waals surface area contributed by atoms with Gasteiger partial charge in [0.05, 0.1) is 6.26 Å². The molecule has 62 valence electrons. The summed E-state index contributed by atoms with van der Waals surface area (Å²) in [7, 11) is 0. The van der Waals surface area contributed by atoms with Gasteiger partial charge in [0, 0.05) is 11.8 Å². The first-order valence-corrected chi connectivity index (χ1v) is 5.03. The number of rotatable bonds is 4. The van der Waals surface area contributed by atoms with Crippen LogP contribution in [0.5, 0.6) is 0 Å². The van der Waals surface area contributed by atoms with E-state index in [1.807, 2.05) is 12.1 Å². The monoisotopic (exact) mass is 216 g/mol. The Bertz CT molecular complexity index is 181. The van der Waals surface area contributed by atoms with Gasteiger partial charge in [0.2, 0.25) is 0 Å². The number of alkyl halides is 1.